The molecule has 2 aromatic carbocycles. The molecule has 0 aliphatic carbocycles. The molecular weight excluding hydrogens is 465 g/mol. The molecule has 3 rings (SSSR count). The molecule has 0 saturated carbocycles. The SMILES string of the molecule is O=C(N/N=C\c1c(F)c(F)c(F)c(F)c1F)c1ccc(NS(=O)(=O)c2cccs2)cc1. The number of hydrazone groups is 1. The van der Waals surface area contributed by atoms with Crippen LogP contribution in [-0.4, -0.2) is 20.5 Å². The van der Waals surface area contributed by atoms with E-state index in [1.807, 2.05) is 5.43 Å². The van der Waals surface area contributed by atoms with E-state index in [0.717, 1.165) is 11.3 Å². The summed E-state index contributed by atoms with van der Waals surface area (Å²) in [5.41, 5.74) is 0.685. The van der Waals surface area contributed by atoms with Gasteiger partial charge >= 0.3 is 0 Å². The van der Waals surface area contributed by atoms with Gasteiger partial charge in [-0.1, -0.05) is 6.07 Å². The minimum absolute atomic E-state index is 0.0198. The summed E-state index contributed by atoms with van der Waals surface area (Å²) in [5, 5.41) is 4.79. The largest absolute Gasteiger partial charge is 0.279 e. The van der Waals surface area contributed by atoms with Crippen LogP contribution in [-0.2, 0) is 10.0 Å². The van der Waals surface area contributed by atoms with Crippen LogP contribution in [0.1, 0.15) is 15.9 Å². The fourth-order valence-electron chi connectivity index (χ4n) is 2.27. The number of anilines is 1. The highest BCUT2D eigenvalue weighted by molar-refractivity contribution is 7.94. The summed E-state index contributed by atoms with van der Waals surface area (Å²) in [5.74, 6) is -11.7. The molecule has 2 N–H and O–H groups in total. The Hall–Kier alpha value is -3.32. The summed E-state index contributed by atoms with van der Waals surface area (Å²) >= 11 is 1.02. The first-order valence-electron chi connectivity index (χ1n) is 8.13. The van der Waals surface area contributed by atoms with E-state index >= 15 is 0 Å². The van der Waals surface area contributed by atoms with Crippen LogP contribution in [0.4, 0.5) is 27.6 Å². The first-order chi connectivity index (χ1) is 14.6. The number of nitrogens with zero attached hydrogens (tertiary/aromatic N) is 1. The molecule has 162 valence electrons. The van der Waals surface area contributed by atoms with E-state index in [0.29, 0.717) is 0 Å². The lowest BCUT2D eigenvalue weighted by molar-refractivity contribution is 0.0955. The summed E-state index contributed by atoms with van der Waals surface area (Å²) in [4.78, 5) is 12.0. The highest BCUT2D eigenvalue weighted by atomic mass is 32.2. The maximum absolute atomic E-state index is 13.6. The zero-order chi connectivity index (χ0) is 22.8. The van der Waals surface area contributed by atoms with Gasteiger partial charge in [0.25, 0.3) is 15.9 Å². The molecule has 1 aromatic heterocycles. The molecule has 0 unspecified atom stereocenters. The topological polar surface area (TPSA) is 87.6 Å². The second kappa shape index (κ2) is 8.81. The van der Waals surface area contributed by atoms with Crippen molar-refractivity contribution in [2.75, 3.05) is 4.72 Å². The van der Waals surface area contributed by atoms with Crippen LogP contribution in [0.15, 0.2) is 51.1 Å². The number of benzene rings is 2. The molecule has 0 bridgehead atoms. The van der Waals surface area contributed by atoms with Crippen molar-refractivity contribution in [1.29, 1.82) is 0 Å². The van der Waals surface area contributed by atoms with Gasteiger partial charge in [-0.2, -0.15) is 5.10 Å². The predicted molar refractivity (Wildman–Crippen MR) is 103 cm³/mol. The molecule has 0 aliphatic heterocycles. The van der Waals surface area contributed by atoms with Crippen LogP contribution < -0.4 is 10.1 Å². The van der Waals surface area contributed by atoms with Crippen LogP contribution in [0.2, 0.25) is 0 Å². The van der Waals surface area contributed by atoms with E-state index in [4.69, 9.17) is 0 Å². The Bertz CT molecular complexity index is 1230. The van der Waals surface area contributed by atoms with E-state index in [1.165, 1.54) is 30.3 Å². The van der Waals surface area contributed by atoms with Gasteiger partial charge in [0.2, 0.25) is 5.82 Å². The number of nitrogens with one attached hydrogen (secondary N) is 2. The van der Waals surface area contributed by atoms with E-state index in [1.54, 1.807) is 11.4 Å². The molecule has 1 heterocycles. The zero-order valence-electron chi connectivity index (χ0n) is 15.0. The Balaban J connectivity index is 1.70. The van der Waals surface area contributed by atoms with Gasteiger partial charge < -0.3 is 0 Å². The van der Waals surface area contributed by atoms with Crippen molar-refractivity contribution < 1.29 is 35.2 Å². The van der Waals surface area contributed by atoms with Crippen molar-refractivity contribution in [3.8, 4) is 0 Å². The number of rotatable bonds is 6. The van der Waals surface area contributed by atoms with Gasteiger partial charge in [0.15, 0.2) is 23.3 Å². The summed E-state index contributed by atoms with van der Waals surface area (Å²) < 4.78 is 93.1. The second-order valence-electron chi connectivity index (χ2n) is 5.80. The predicted octanol–water partition coefficient (Wildman–Crippen LogP) is 4.01. The number of thiophene rings is 1. The van der Waals surface area contributed by atoms with E-state index < -0.39 is 50.6 Å². The van der Waals surface area contributed by atoms with Gasteiger partial charge in [0.1, 0.15) is 4.21 Å². The number of sulfonamides is 1. The number of amides is 1. The van der Waals surface area contributed by atoms with Crippen LogP contribution in [0.25, 0.3) is 0 Å². The second-order valence-corrected chi connectivity index (χ2v) is 8.65. The molecule has 0 radical (unpaired) electrons. The zero-order valence-corrected chi connectivity index (χ0v) is 16.6. The molecular formula is C18H10F5N3O3S2. The number of carbonyl (C=O) groups is 1. The highest BCUT2D eigenvalue weighted by Crippen LogP contribution is 2.22. The Morgan fingerprint density at radius 1 is 0.903 bits per heavy atom. The van der Waals surface area contributed by atoms with Gasteiger partial charge in [-0.3, -0.25) is 9.52 Å². The minimum atomic E-state index is -3.78. The Morgan fingerprint density at radius 3 is 2.03 bits per heavy atom. The fourth-order valence-corrected chi connectivity index (χ4v) is 4.32. The van der Waals surface area contributed by atoms with Gasteiger partial charge in [0.05, 0.1) is 11.8 Å². The smallest absolute Gasteiger partial charge is 0.271 e. The molecule has 31 heavy (non-hydrogen) atoms. The van der Waals surface area contributed by atoms with Crippen LogP contribution in [0.3, 0.4) is 0 Å². The van der Waals surface area contributed by atoms with Crippen molar-refractivity contribution in [2.45, 2.75) is 4.21 Å². The third-order valence-electron chi connectivity index (χ3n) is 3.76. The monoisotopic (exact) mass is 475 g/mol. The Labute approximate surface area is 176 Å². The maximum atomic E-state index is 13.6. The van der Waals surface area contributed by atoms with Gasteiger partial charge in [-0.15, -0.1) is 11.3 Å². The van der Waals surface area contributed by atoms with Gasteiger partial charge in [0, 0.05) is 11.3 Å². The Kier molecular flexibility index (Phi) is 6.36. The normalized spacial score (nSPS) is 11.6. The molecule has 0 spiro atoms. The molecule has 3 aromatic rings. The first kappa shape index (κ1) is 22.4. The first-order valence-corrected chi connectivity index (χ1v) is 10.5. The maximum Gasteiger partial charge on any atom is 0.271 e. The summed E-state index contributed by atoms with van der Waals surface area (Å²) in [6.07, 6.45) is 0.275. The molecule has 13 heteroatoms. The lowest BCUT2D eigenvalue weighted by Gasteiger charge is -2.07. The molecule has 0 atom stereocenters. The summed E-state index contributed by atoms with van der Waals surface area (Å²) in [6, 6.07) is 8.02. The van der Waals surface area contributed by atoms with Crippen molar-refractivity contribution in [3.63, 3.8) is 0 Å². The van der Waals surface area contributed by atoms with E-state index in [9.17, 15) is 35.2 Å². The van der Waals surface area contributed by atoms with Crippen molar-refractivity contribution >= 4 is 39.2 Å². The van der Waals surface area contributed by atoms with E-state index in [-0.39, 0.29) is 21.7 Å². The number of halogens is 5. The highest BCUT2D eigenvalue weighted by Gasteiger charge is 2.24. The van der Waals surface area contributed by atoms with Crippen LogP contribution in [0.5, 0.6) is 0 Å². The van der Waals surface area contributed by atoms with Crippen molar-refractivity contribution in [3.05, 3.63) is 82.0 Å². The standard InChI is InChI=1S/C18H10F5N3O3S2/c19-13-11(14(20)16(22)17(23)15(13)21)8-24-25-18(27)9-3-5-10(6-4-9)26-31(28,29)12-2-1-7-30-12/h1-8,26H,(H,25,27)/b24-8-. The number of carbonyl (C=O) groups excluding carboxylic acids is 1. The van der Waals surface area contributed by atoms with Crippen LogP contribution >= 0.6 is 11.3 Å². The summed E-state index contributed by atoms with van der Waals surface area (Å²) in [7, 11) is -3.78. The molecule has 6 nitrogen and oxygen atoms in total. The van der Waals surface area contributed by atoms with Crippen molar-refractivity contribution in [2.24, 2.45) is 5.10 Å². The lowest BCUT2D eigenvalue weighted by atomic mass is 10.2. The van der Waals surface area contributed by atoms with Crippen molar-refractivity contribution in [1.82, 2.24) is 5.43 Å². The average Bonchev–Trinajstić information content (AvgIpc) is 3.29. The van der Waals surface area contributed by atoms with E-state index in [2.05, 4.69) is 9.82 Å². The molecule has 0 aliphatic rings. The third-order valence-corrected chi connectivity index (χ3v) is 6.54. The molecule has 1 amide bonds. The quantitative estimate of drug-likeness (QED) is 0.186. The molecule has 0 fully saturated rings. The lowest BCUT2D eigenvalue weighted by Crippen LogP contribution is -2.18. The average molecular weight is 475 g/mol. The fraction of sp³-hybridized carbons (Fsp3) is 0. The van der Waals surface area contributed by atoms with Gasteiger partial charge in [-0.05, 0) is 35.7 Å². The Morgan fingerprint density at radius 2 is 1.48 bits per heavy atom. The minimum Gasteiger partial charge on any atom is -0.279 e. The molecule has 0 saturated heterocycles. The summed E-state index contributed by atoms with van der Waals surface area (Å²) in [6.45, 7) is 0. The van der Waals surface area contributed by atoms with Crippen LogP contribution in [0, 0.1) is 29.1 Å². The third kappa shape index (κ3) is 4.72. The van der Waals surface area contributed by atoms with Gasteiger partial charge in [-0.25, -0.2) is 35.8 Å². The number of hydrogen-bond acceptors (Lipinski definition) is 5. The number of hydrogen-bond donors (Lipinski definition) is 2.